The number of terminal acetylenes is 1. The minimum absolute atomic E-state index is 0.313. The molecule has 1 aliphatic rings. The Balaban J connectivity index is 0.00000137. The fourth-order valence-electron chi connectivity index (χ4n) is 4.96. The van der Waals surface area contributed by atoms with Crippen molar-refractivity contribution in [3.05, 3.63) is 71.3 Å². The summed E-state index contributed by atoms with van der Waals surface area (Å²) in [5.74, 6) is 8.65. The van der Waals surface area contributed by atoms with Crippen molar-refractivity contribution < 1.29 is 0 Å². The van der Waals surface area contributed by atoms with E-state index in [-0.39, 0.29) is 0 Å². The van der Waals surface area contributed by atoms with Crippen LogP contribution in [0.1, 0.15) is 61.9 Å². The average molecular weight is 489 g/mol. The molecular weight excluding hydrogens is 456 g/mol. The summed E-state index contributed by atoms with van der Waals surface area (Å²) in [5, 5.41) is 9.32. The van der Waals surface area contributed by atoms with Crippen LogP contribution in [0.4, 0.5) is 0 Å². The van der Waals surface area contributed by atoms with Crippen molar-refractivity contribution in [1.29, 1.82) is 0 Å². The maximum atomic E-state index is 4.97. The first-order valence-electron chi connectivity index (χ1n) is 12.9. The highest BCUT2D eigenvalue weighted by molar-refractivity contribution is 6.04. The lowest BCUT2D eigenvalue weighted by Gasteiger charge is -2.07. The Morgan fingerprint density at radius 1 is 0.946 bits per heavy atom. The largest absolute Gasteiger partial charge is 0.341 e. The smallest absolute Gasteiger partial charge is 0.124 e. The maximum Gasteiger partial charge on any atom is 0.124 e. The quantitative estimate of drug-likeness (QED) is 0.193. The highest BCUT2D eigenvalue weighted by atomic mass is 15.1. The van der Waals surface area contributed by atoms with Crippen LogP contribution in [-0.4, -0.2) is 32.5 Å². The van der Waals surface area contributed by atoms with E-state index in [1.807, 2.05) is 12.1 Å². The third-order valence-corrected chi connectivity index (χ3v) is 6.79. The van der Waals surface area contributed by atoms with Gasteiger partial charge < -0.3 is 20.6 Å². The summed E-state index contributed by atoms with van der Waals surface area (Å²) in [7, 11) is 0. The summed E-state index contributed by atoms with van der Waals surface area (Å²) in [6.07, 6.45) is 11.4. The van der Waals surface area contributed by atoms with Gasteiger partial charge in [-0.05, 0) is 74.5 Å². The molecule has 3 aromatic carbocycles. The summed E-state index contributed by atoms with van der Waals surface area (Å²) >= 11 is 0. The molecule has 0 saturated carbocycles. The summed E-state index contributed by atoms with van der Waals surface area (Å²) in [5.41, 5.74) is 6.08. The van der Waals surface area contributed by atoms with Crippen LogP contribution >= 0.6 is 0 Å². The molecule has 6 nitrogen and oxygen atoms in total. The van der Waals surface area contributed by atoms with E-state index in [1.54, 1.807) is 0 Å². The van der Waals surface area contributed by atoms with Crippen LogP contribution < -0.4 is 10.6 Å². The summed E-state index contributed by atoms with van der Waals surface area (Å²) in [6, 6.07) is 17.7. The highest BCUT2D eigenvalue weighted by Crippen LogP contribution is 2.29. The Morgan fingerprint density at radius 3 is 2.54 bits per heavy atom. The fourth-order valence-corrected chi connectivity index (χ4v) is 4.96. The van der Waals surface area contributed by atoms with E-state index < -0.39 is 0 Å². The zero-order valence-corrected chi connectivity index (χ0v) is 21.4. The number of fused-ring (bicyclic) bond motifs is 4. The molecule has 5 aromatic rings. The first-order valence-corrected chi connectivity index (χ1v) is 12.9. The van der Waals surface area contributed by atoms with Crippen LogP contribution in [-0.2, 0) is 6.54 Å². The van der Waals surface area contributed by atoms with Gasteiger partial charge in [-0.15, -0.1) is 12.8 Å². The van der Waals surface area contributed by atoms with E-state index >= 15 is 0 Å². The molecule has 1 fully saturated rings. The lowest BCUT2D eigenvalue weighted by atomic mass is 10.1. The van der Waals surface area contributed by atoms with Gasteiger partial charge in [0.1, 0.15) is 11.6 Å². The van der Waals surface area contributed by atoms with Crippen molar-refractivity contribution in [1.82, 2.24) is 30.6 Å². The van der Waals surface area contributed by atoms with Crippen LogP contribution in [0, 0.1) is 24.7 Å². The Hall–Kier alpha value is -4.10. The molecule has 3 heterocycles. The molecule has 2 aromatic heterocycles. The molecule has 186 valence electrons. The van der Waals surface area contributed by atoms with E-state index in [0.29, 0.717) is 12.1 Å². The summed E-state index contributed by atoms with van der Waals surface area (Å²) in [6.45, 7) is 6.14. The standard InChI is InChI=1S/C29H30N6.C2H2/c1-3-14-30-17-27-32-23-12-8-20(16-26(23)33-27)6-5-19-7-10-22-21(15-19)9-13-24-28(22)35-29(34-24)25-11-4-18(2)31-25;1-2/h7-10,12-13,15-16,18,25,30-31H,3-4,11,14,17H2,1-2H3,(H,32,33)(H,34,35);1-2H/t18-,25-;/m0./s1. The first kappa shape index (κ1) is 24.6. The molecule has 6 rings (SSSR count). The average Bonchev–Trinajstić information content (AvgIpc) is 3.66. The normalized spacial score (nSPS) is 17.0. The zero-order chi connectivity index (χ0) is 25.8. The molecule has 0 radical (unpaired) electrons. The van der Waals surface area contributed by atoms with E-state index in [4.69, 9.17) is 4.98 Å². The Morgan fingerprint density at radius 2 is 1.76 bits per heavy atom. The molecule has 37 heavy (non-hydrogen) atoms. The zero-order valence-electron chi connectivity index (χ0n) is 21.4. The predicted octanol–water partition coefficient (Wildman–Crippen LogP) is 5.55. The lowest BCUT2D eigenvalue weighted by Crippen LogP contribution is -2.21. The summed E-state index contributed by atoms with van der Waals surface area (Å²) in [4.78, 5) is 16.6. The van der Waals surface area contributed by atoms with Crippen LogP contribution in [0.25, 0.3) is 32.8 Å². The van der Waals surface area contributed by atoms with Gasteiger partial charge in [0, 0.05) is 22.6 Å². The molecule has 0 bridgehead atoms. The van der Waals surface area contributed by atoms with Gasteiger partial charge in [0.15, 0.2) is 0 Å². The molecule has 0 amide bonds. The minimum atomic E-state index is 0.313. The van der Waals surface area contributed by atoms with Gasteiger partial charge in [-0.1, -0.05) is 30.9 Å². The number of aromatic nitrogens is 4. The van der Waals surface area contributed by atoms with E-state index in [0.717, 1.165) is 81.5 Å². The highest BCUT2D eigenvalue weighted by Gasteiger charge is 2.24. The SMILES string of the molecule is C#C.CCCNCc1nc2ccc(C#Cc3ccc4c(ccc5[nH]c([C@@H]6CC[C@H](C)N6)nc54)c3)cc2[nH]1. The van der Waals surface area contributed by atoms with Gasteiger partial charge >= 0.3 is 0 Å². The number of nitrogens with one attached hydrogen (secondary N) is 4. The van der Waals surface area contributed by atoms with Crippen molar-refractivity contribution in [2.75, 3.05) is 6.54 Å². The van der Waals surface area contributed by atoms with Crippen molar-refractivity contribution in [2.24, 2.45) is 0 Å². The number of hydrogen-bond acceptors (Lipinski definition) is 4. The Kier molecular flexibility index (Phi) is 7.23. The number of benzene rings is 3. The first-order chi connectivity index (χ1) is 18.2. The predicted molar refractivity (Wildman–Crippen MR) is 152 cm³/mol. The third-order valence-electron chi connectivity index (χ3n) is 6.79. The molecule has 0 unspecified atom stereocenters. The molecule has 6 heteroatoms. The van der Waals surface area contributed by atoms with Gasteiger partial charge in [-0.3, -0.25) is 0 Å². The van der Waals surface area contributed by atoms with Crippen LogP contribution in [0.3, 0.4) is 0 Å². The number of imidazole rings is 2. The minimum Gasteiger partial charge on any atom is -0.341 e. The van der Waals surface area contributed by atoms with E-state index in [1.165, 1.54) is 6.42 Å². The number of rotatable bonds is 5. The molecule has 0 spiro atoms. The molecular formula is C31H32N6. The second kappa shape index (κ2) is 10.9. The summed E-state index contributed by atoms with van der Waals surface area (Å²) < 4.78 is 0. The van der Waals surface area contributed by atoms with Crippen LogP contribution in [0.15, 0.2) is 48.5 Å². The van der Waals surface area contributed by atoms with Gasteiger partial charge in [0.2, 0.25) is 0 Å². The Labute approximate surface area is 217 Å². The third kappa shape index (κ3) is 5.22. The molecule has 0 aliphatic carbocycles. The maximum absolute atomic E-state index is 4.97. The molecule has 4 N–H and O–H groups in total. The monoisotopic (exact) mass is 488 g/mol. The van der Waals surface area contributed by atoms with Crippen LogP contribution in [0.2, 0.25) is 0 Å². The second-order valence-electron chi connectivity index (χ2n) is 9.56. The number of nitrogens with zero attached hydrogens (tertiary/aromatic N) is 2. The number of H-pyrrole nitrogens is 2. The van der Waals surface area contributed by atoms with Crippen molar-refractivity contribution >= 4 is 32.8 Å². The number of hydrogen-bond donors (Lipinski definition) is 4. The second-order valence-corrected chi connectivity index (χ2v) is 9.56. The van der Waals surface area contributed by atoms with E-state index in [9.17, 15) is 0 Å². The van der Waals surface area contributed by atoms with Gasteiger partial charge in [0.05, 0.1) is 34.7 Å². The van der Waals surface area contributed by atoms with E-state index in [2.05, 4.69) is 101 Å². The van der Waals surface area contributed by atoms with Crippen molar-refractivity contribution in [3.63, 3.8) is 0 Å². The lowest BCUT2D eigenvalue weighted by molar-refractivity contribution is 0.565. The topological polar surface area (TPSA) is 81.4 Å². The van der Waals surface area contributed by atoms with Crippen molar-refractivity contribution in [3.8, 4) is 24.7 Å². The van der Waals surface area contributed by atoms with Gasteiger partial charge in [-0.2, -0.15) is 0 Å². The Bertz CT molecular complexity index is 1630. The number of aromatic amines is 2. The van der Waals surface area contributed by atoms with Gasteiger partial charge in [0.25, 0.3) is 0 Å². The van der Waals surface area contributed by atoms with Crippen molar-refractivity contribution in [2.45, 2.75) is 51.7 Å². The van der Waals surface area contributed by atoms with Crippen LogP contribution in [0.5, 0.6) is 0 Å². The molecule has 1 aliphatic heterocycles. The molecule has 2 atom stereocenters. The molecule has 1 saturated heterocycles. The van der Waals surface area contributed by atoms with Gasteiger partial charge in [-0.25, -0.2) is 9.97 Å². The fraction of sp³-hybridized carbons (Fsp3) is 0.290.